The Labute approximate surface area is 341 Å². The fraction of sp³-hybridized carbons (Fsp3) is 0.237. The molecule has 1 aliphatic rings. The minimum Gasteiger partial charge on any atom is -0.399 e. The minimum atomic E-state index is -3.82. The van der Waals surface area contributed by atoms with Gasteiger partial charge in [-0.3, -0.25) is 0 Å². The van der Waals surface area contributed by atoms with E-state index in [2.05, 4.69) is 68.1 Å². The Morgan fingerprint density at radius 2 is 1.36 bits per heavy atom. The van der Waals surface area contributed by atoms with Crippen LogP contribution >= 0.6 is 59.4 Å². The lowest BCUT2D eigenvalue weighted by molar-refractivity contribution is 0.00578. The number of nitrogens with zero attached hydrogens (tertiary/aromatic N) is 4. The Kier molecular flexibility index (Phi) is 13.3. The highest BCUT2D eigenvalue weighted by molar-refractivity contribution is 9.11. The van der Waals surface area contributed by atoms with Crippen molar-refractivity contribution in [2.45, 2.75) is 64.2 Å². The number of nitrogens with one attached hydrogen (secondary N) is 1. The summed E-state index contributed by atoms with van der Waals surface area (Å²) >= 11 is 15.6. The van der Waals surface area contributed by atoms with E-state index in [1.165, 1.54) is 9.54 Å². The van der Waals surface area contributed by atoms with E-state index in [9.17, 15) is 8.42 Å². The number of benzene rings is 2. The summed E-state index contributed by atoms with van der Waals surface area (Å²) in [6.45, 7) is 12.5. The first-order valence-electron chi connectivity index (χ1n) is 16.5. The van der Waals surface area contributed by atoms with Crippen LogP contribution in [0.15, 0.2) is 122 Å². The first-order chi connectivity index (χ1) is 24.9. The molecular weight excluding hydrogens is 908 g/mol. The van der Waals surface area contributed by atoms with E-state index in [-0.39, 0.29) is 4.90 Å². The molecule has 1 saturated heterocycles. The Balaban J connectivity index is 0.000000187. The number of hydrogen-bond donors (Lipinski definition) is 1. The Hall–Kier alpha value is -3.11. The second-order valence-electron chi connectivity index (χ2n) is 13.3. The first-order valence-corrected chi connectivity index (χ1v) is 20.7. The maximum atomic E-state index is 13.4. The van der Waals surface area contributed by atoms with Crippen molar-refractivity contribution >= 4 is 98.8 Å². The molecule has 0 atom stereocenters. The van der Waals surface area contributed by atoms with Crippen molar-refractivity contribution in [3.05, 3.63) is 139 Å². The molecule has 9 nitrogen and oxygen atoms in total. The van der Waals surface area contributed by atoms with Crippen LogP contribution in [0.2, 0.25) is 5.02 Å². The monoisotopic (exact) mass is 943 g/mol. The van der Waals surface area contributed by atoms with Crippen molar-refractivity contribution in [2.24, 2.45) is 0 Å². The summed E-state index contributed by atoms with van der Waals surface area (Å²) in [6, 6.07) is 27.9. The van der Waals surface area contributed by atoms with Crippen molar-refractivity contribution < 1.29 is 17.7 Å². The Morgan fingerprint density at radius 1 is 0.792 bits per heavy atom. The molecule has 4 aromatic heterocycles. The van der Waals surface area contributed by atoms with Crippen LogP contribution in [0.3, 0.4) is 0 Å². The second-order valence-corrected chi connectivity index (χ2v) is 18.0. The third-order valence-electron chi connectivity index (χ3n) is 8.65. The molecule has 1 N–H and O–H groups in total. The van der Waals surface area contributed by atoms with Gasteiger partial charge in [0.25, 0.3) is 10.0 Å². The average Bonchev–Trinajstić information content (AvgIpc) is 3.58. The van der Waals surface area contributed by atoms with Crippen LogP contribution in [-0.4, -0.2) is 45.7 Å². The molecule has 0 aliphatic carbocycles. The number of anilines is 1. The number of fused-ring (bicyclic) bond motifs is 1. The summed E-state index contributed by atoms with van der Waals surface area (Å²) in [5.74, 6) is 0.851. The number of hydrogen-bond acceptors (Lipinski definition) is 8. The van der Waals surface area contributed by atoms with Crippen molar-refractivity contribution in [3.8, 4) is 0 Å². The van der Waals surface area contributed by atoms with Crippen molar-refractivity contribution in [3.63, 3.8) is 0 Å². The summed E-state index contributed by atoms with van der Waals surface area (Å²) in [7, 11) is -4.50. The molecular formula is C38H38BBr3ClN5O4S. The van der Waals surface area contributed by atoms with E-state index in [1.54, 1.807) is 36.7 Å². The van der Waals surface area contributed by atoms with Gasteiger partial charge in [-0.25, -0.2) is 27.3 Å². The maximum Gasteiger partial charge on any atom is 0.497 e. The zero-order valence-electron chi connectivity index (χ0n) is 29.9. The zero-order chi connectivity index (χ0) is 38.6. The van der Waals surface area contributed by atoms with Crippen LogP contribution in [-0.2, 0) is 25.9 Å². The smallest absolute Gasteiger partial charge is 0.399 e. The fourth-order valence-corrected chi connectivity index (χ4v) is 7.78. The topological polar surface area (TPSA) is 108 Å². The van der Waals surface area contributed by atoms with Gasteiger partial charge >= 0.3 is 7.12 Å². The van der Waals surface area contributed by atoms with Gasteiger partial charge < -0.3 is 14.6 Å². The van der Waals surface area contributed by atoms with Crippen molar-refractivity contribution in [2.75, 3.05) is 5.32 Å². The van der Waals surface area contributed by atoms with Gasteiger partial charge in [-0.2, -0.15) is 0 Å². The summed E-state index contributed by atoms with van der Waals surface area (Å²) in [4.78, 5) is 12.9. The normalized spacial score (nSPS) is 14.6. The quantitative estimate of drug-likeness (QED) is 0.130. The number of rotatable bonds is 6. The zero-order valence-corrected chi connectivity index (χ0v) is 36.3. The molecule has 276 valence electrons. The van der Waals surface area contributed by atoms with Crippen LogP contribution in [0.25, 0.3) is 11.0 Å². The lowest BCUT2D eigenvalue weighted by Gasteiger charge is -2.32. The summed E-state index contributed by atoms with van der Waals surface area (Å²) in [5, 5.41) is 4.70. The molecule has 53 heavy (non-hydrogen) atoms. The number of pyridine rings is 3. The van der Waals surface area contributed by atoms with Gasteiger partial charge in [-0.05, 0) is 155 Å². The summed E-state index contributed by atoms with van der Waals surface area (Å²) in [6.07, 6.45) is 3.24. The second kappa shape index (κ2) is 17.1. The van der Waals surface area contributed by atoms with E-state index >= 15 is 0 Å². The third-order valence-corrected chi connectivity index (χ3v) is 11.9. The van der Waals surface area contributed by atoms with Crippen molar-refractivity contribution in [1.82, 2.24) is 18.9 Å². The molecule has 5 heterocycles. The van der Waals surface area contributed by atoms with Crippen LogP contribution < -0.4 is 10.8 Å². The highest BCUT2D eigenvalue weighted by atomic mass is 79.9. The van der Waals surface area contributed by atoms with Gasteiger partial charge in [0, 0.05) is 34.8 Å². The van der Waals surface area contributed by atoms with Gasteiger partial charge in [0.05, 0.1) is 16.1 Å². The number of halogens is 4. The average molecular weight is 947 g/mol. The highest BCUT2D eigenvalue weighted by Crippen LogP contribution is 2.37. The van der Waals surface area contributed by atoms with Crippen molar-refractivity contribution in [1.29, 1.82) is 0 Å². The van der Waals surface area contributed by atoms with E-state index in [4.69, 9.17) is 20.9 Å². The fourth-order valence-electron chi connectivity index (χ4n) is 5.06. The van der Waals surface area contributed by atoms with Gasteiger partial charge in [0.2, 0.25) is 0 Å². The van der Waals surface area contributed by atoms with Crippen LogP contribution in [0.4, 0.5) is 5.82 Å². The molecule has 2 aromatic carbocycles. The molecule has 0 saturated carbocycles. The van der Waals surface area contributed by atoms with E-state index in [1.807, 2.05) is 108 Å². The molecule has 1 aliphatic heterocycles. The SMILES string of the molecule is Brc1cccc(Br)n1.Cc1ccc(S(=O)(=O)n2cc(B3OC(C)(C)C(C)(C)O3)c3cc(C)cnc32)cc1.Clc1ccc(CNc2cccc(Br)n2)cc1. The van der Waals surface area contributed by atoms with Gasteiger partial charge in [0.1, 0.15) is 19.6 Å². The lowest BCUT2D eigenvalue weighted by atomic mass is 9.79. The predicted molar refractivity (Wildman–Crippen MR) is 224 cm³/mol. The van der Waals surface area contributed by atoms with E-state index < -0.39 is 28.3 Å². The van der Waals surface area contributed by atoms with E-state index in [0.717, 1.165) is 42.3 Å². The summed E-state index contributed by atoms with van der Waals surface area (Å²) in [5.41, 5.74) is 3.06. The van der Waals surface area contributed by atoms with E-state index in [0.29, 0.717) is 16.5 Å². The molecule has 0 radical (unpaired) electrons. The molecule has 0 spiro atoms. The Morgan fingerprint density at radius 3 is 1.91 bits per heavy atom. The molecule has 0 amide bonds. The highest BCUT2D eigenvalue weighted by Gasteiger charge is 2.52. The van der Waals surface area contributed by atoms with Crippen LogP contribution in [0.1, 0.15) is 44.4 Å². The standard InChI is InChI=1S/C21H25BN2O4S.C12H10BrClN2.C5H3Br2N/c1-14-7-9-16(10-8-14)29(25,26)24-13-18(17-11-15(2)12-23-19(17)24)22-27-20(3,4)21(5,6)28-22;13-11-2-1-3-12(16-11)15-8-9-4-6-10(14)7-5-9;6-4-2-1-3-5(7)8-4/h7-13H,1-6H3;1-7H,8H2,(H,15,16);1-3H. The molecule has 1 fully saturated rings. The largest absolute Gasteiger partial charge is 0.497 e. The van der Waals surface area contributed by atoms with Gasteiger partial charge in [-0.1, -0.05) is 53.6 Å². The van der Waals surface area contributed by atoms with Crippen LogP contribution in [0.5, 0.6) is 0 Å². The molecule has 0 bridgehead atoms. The van der Waals surface area contributed by atoms with Gasteiger partial charge in [-0.15, -0.1) is 0 Å². The lowest BCUT2D eigenvalue weighted by Crippen LogP contribution is -2.41. The predicted octanol–water partition coefficient (Wildman–Crippen LogP) is 9.91. The maximum absolute atomic E-state index is 13.4. The number of aryl methyl sites for hydroxylation is 2. The summed E-state index contributed by atoms with van der Waals surface area (Å²) < 4.78 is 42.9. The Bertz CT molecular complexity index is 2280. The first kappa shape index (κ1) is 41.1. The third kappa shape index (κ3) is 10.4. The van der Waals surface area contributed by atoms with Gasteiger partial charge in [0.15, 0.2) is 5.65 Å². The number of aromatic nitrogens is 4. The molecule has 15 heteroatoms. The molecule has 7 rings (SSSR count). The van der Waals surface area contributed by atoms with Crippen LogP contribution in [0, 0.1) is 13.8 Å². The molecule has 0 unspecified atom stereocenters. The minimum absolute atomic E-state index is 0.211. The molecule has 6 aromatic rings.